The van der Waals surface area contributed by atoms with E-state index in [4.69, 9.17) is 44.6 Å². The fourth-order valence-electron chi connectivity index (χ4n) is 2.00. The van der Waals surface area contributed by atoms with Gasteiger partial charge in [0.15, 0.2) is 6.10 Å². The van der Waals surface area contributed by atoms with Crippen LogP contribution in [0.1, 0.15) is 12.5 Å². The molecule has 1 aliphatic rings. The number of nitrogens with two attached hydrogens (primary N) is 1. The van der Waals surface area contributed by atoms with Crippen LogP contribution in [0.2, 0.25) is 15.1 Å². The van der Waals surface area contributed by atoms with Crippen molar-refractivity contribution in [2.24, 2.45) is 0 Å². The van der Waals surface area contributed by atoms with Crippen molar-refractivity contribution in [2.45, 2.75) is 19.4 Å². The van der Waals surface area contributed by atoms with Crippen LogP contribution in [0.3, 0.4) is 0 Å². The molecular formula is C15H16Cl3NO5. The first kappa shape index (κ1) is 20.6. The van der Waals surface area contributed by atoms with Gasteiger partial charge >= 0.3 is 5.97 Å². The fraction of sp³-hybridized carbons (Fsp3) is 0.333. The number of carboxylic acids is 2. The van der Waals surface area contributed by atoms with E-state index >= 15 is 0 Å². The lowest BCUT2D eigenvalue weighted by Gasteiger charge is -2.08. The first-order valence-electron chi connectivity index (χ1n) is 7.02. The maximum Gasteiger partial charge on any atom is 0.328 e. The summed E-state index contributed by atoms with van der Waals surface area (Å²) in [6.45, 7) is 4.06. The molecule has 0 saturated carbocycles. The van der Waals surface area contributed by atoms with Crippen LogP contribution in [-0.2, 0) is 16.0 Å². The zero-order valence-electron chi connectivity index (χ0n) is 12.7. The SMILES string of the molecule is CC[NH2+]CC1Cc2c(Cl)c(Cl)cc(Cl)c2O1.O=C([O-])/C=C\C(=O)O. The average Bonchev–Trinajstić information content (AvgIpc) is 2.94. The third kappa shape index (κ3) is 6.20. The zero-order chi connectivity index (χ0) is 18.3. The molecule has 0 saturated heterocycles. The summed E-state index contributed by atoms with van der Waals surface area (Å²) in [6, 6.07) is 1.64. The number of likely N-dealkylation sites (N-methyl/N-ethyl adjacent to an activating group) is 1. The second-order valence-electron chi connectivity index (χ2n) is 4.83. The Labute approximate surface area is 154 Å². The predicted molar refractivity (Wildman–Crippen MR) is 88.7 cm³/mol. The van der Waals surface area contributed by atoms with Gasteiger partial charge in [0.2, 0.25) is 0 Å². The minimum absolute atomic E-state index is 0.142. The standard InChI is InChI=1S/C11H12Cl3NO.C4H4O4/c1-2-15-5-6-3-7-10(14)8(12)4-9(13)11(7)16-6;5-3(6)1-2-4(7)8/h4,6,15H,2-3,5H2,1H3;1-2H,(H,5,6)(H,7,8)/b;2-1-. The zero-order valence-corrected chi connectivity index (χ0v) is 15.0. The molecule has 0 fully saturated rings. The molecule has 6 nitrogen and oxygen atoms in total. The Balaban J connectivity index is 0.000000307. The van der Waals surface area contributed by atoms with Gasteiger partial charge in [-0.15, -0.1) is 0 Å². The Bertz CT molecular complexity index is 632. The lowest BCUT2D eigenvalue weighted by Crippen LogP contribution is -2.86. The third-order valence-corrected chi connectivity index (χ3v) is 4.12. The minimum Gasteiger partial charge on any atom is -0.545 e. The monoisotopic (exact) mass is 395 g/mol. The number of hydrogen-bond acceptors (Lipinski definition) is 4. The van der Waals surface area contributed by atoms with E-state index in [1.807, 2.05) is 0 Å². The Kier molecular flexibility index (Phi) is 8.35. The van der Waals surface area contributed by atoms with Gasteiger partial charge < -0.3 is 25.1 Å². The molecule has 1 heterocycles. The molecule has 0 amide bonds. The summed E-state index contributed by atoms with van der Waals surface area (Å²) in [6.07, 6.45) is 1.87. The van der Waals surface area contributed by atoms with E-state index < -0.39 is 11.9 Å². The molecule has 1 aromatic carbocycles. The van der Waals surface area contributed by atoms with Crippen LogP contribution in [0.5, 0.6) is 5.75 Å². The van der Waals surface area contributed by atoms with Crippen LogP contribution in [0.25, 0.3) is 0 Å². The van der Waals surface area contributed by atoms with Gasteiger partial charge in [-0.3, -0.25) is 0 Å². The minimum atomic E-state index is -1.51. The number of quaternary nitrogens is 1. The maximum absolute atomic E-state index is 9.53. The second kappa shape index (κ2) is 9.74. The van der Waals surface area contributed by atoms with Gasteiger partial charge in [0, 0.05) is 18.1 Å². The molecule has 1 aliphatic heterocycles. The maximum atomic E-state index is 9.53. The van der Waals surface area contributed by atoms with E-state index in [1.165, 1.54) is 0 Å². The van der Waals surface area contributed by atoms with Gasteiger partial charge in [0.25, 0.3) is 0 Å². The summed E-state index contributed by atoms with van der Waals surface area (Å²) in [5, 5.41) is 21.0. The van der Waals surface area contributed by atoms with E-state index in [0.29, 0.717) is 33.0 Å². The normalized spacial score (nSPS) is 15.4. The van der Waals surface area contributed by atoms with Crippen LogP contribution >= 0.6 is 34.8 Å². The third-order valence-electron chi connectivity index (χ3n) is 3.02. The summed E-state index contributed by atoms with van der Waals surface area (Å²) >= 11 is 18.2. The number of hydrogen-bond donors (Lipinski definition) is 2. The number of carbonyl (C=O) groups excluding carboxylic acids is 1. The fourth-order valence-corrected chi connectivity index (χ4v) is 2.76. The number of fused-ring (bicyclic) bond motifs is 1. The van der Waals surface area contributed by atoms with Gasteiger partial charge in [-0.1, -0.05) is 34.8 Å². The van der Waals surface area contributed by atoms with Crippen LogP contribution < -0.4 is 15.2 Å². The summed E-state index contributed by atoms with van der Waals surface area (Å²) in [7, 11) is 0. The van der Waals surface area contributed by atoms with E-state index in [1.54, 1.807) is 6.07 Å². The van der Waals surface area contributed by atoms with Crippen molar-refractivity contribution >= 4 is 46.7 Å². The summed E-state index contributed by atoms with van der Waals surface area (Å²) in [5.41, 5.74) is 0.939. The Hall–Kier alpha value is -1.47. The van der Waals surface area contributed by atoms with E-state index in [-0.39, 0.29) is 6.10 Å². The summed E-state index contributed by atoms with van der Waals surface area (Å²) < 4.78 is 5.77. The van der Waals surface area contributed by atoms with Crippen molar-refractivity contribution in [3.05, 3.63) is 38.8 Å². The Morgan fingerprint density at radius 2 is 2.04 bits per heavy atom. The second-order valence-corrected chi connectivity index (χ2v) is 6.02. The number of rotatable bonds is 5. The molecule has 0 spiro atoms. The number of carboxylic acid groups (broad SMARTS) is 2. The molecule has 132 valence electrons. The molecule has 1 atom stereocenters. The van der Waals surface area contributed by atoms with Crippen molar-refractivity contribution in [1.82, 2.24) is 0 Å². The van der Waals surface area contributed by atoms with Crippen molar-refractivity contribution < 1.29 is 29.9 Å². The molecule has 2 rings (SSSR count). The molecule has 0 radical (unpaired) electrons. The first-order valence-corrected chi connectivity index (χ1v) is 8.16. The largest absolute Gasteiger partial charge is 0.545 e. The Morgan fingerprint density at radius 1 is 1.38 bits per heavy atom. The van der Waals surface area contributed by atoms with Crippen molar-refractivity contribution in [1.29, 1.82) is 0 Å². The number of ether oxygens (including phenoxy) is 1. The number of halogens is 3. The summed E-state index contributed by atoms with van der Waals surface area (Å²) in [4.78, 5) is 19.0. The van der Waals surface area contributed by atoms with E-state index in [2.05, 4.69) is 12.2 Å². The molecule has 3 N–H and O–H groups in total. The number of aliphatic carboxylic acids is 2. The number of carbonyl (C=O) groups is 2. The summed E-state index contributed by atoms with van der Waals surface area (Å²) in [5.74, 6) is -2.10. The van der Waals surface area contributed by atoms with Crippen molar-refractivity contribution in [3.63, 3.8) is 0 Å². The highest BCUT2D eigenvalue weighted by Crippen LogP contribution is 2.43. The molecule has 0 bridgehead atoms. The Morgan fingerprint density at radius 3 is 2.54 bits per heavy atom. The molecule has 24 heavy (non-hydrogen) atoms. The quantitative estimate of drug-likeness (QED) is 0.569. The highest BCUT2D eigenvalue weighted by Gasteiger charge is 2.29. The van der Waals surface area contributed by atoms with Gasteiger partial charge in [-0.25, -0.2) is 4.79 Å². The smallest absolute Gasteiger partial charge is 0.328 e. The van der Waals surface area contributed by atoms with Gasteiger partial charge in [0.05, 0.1) is 27.6 Å². The van der Waals surface area contributed by atoms with E-state index in [9.17, 15) is 14.7 Å². The molecule has 1 aromatic rings. The van der Waals surface area contributed by atoms with Crippen LogP contribution in [0.4, 0.5) is 0 Å². The molecule has 1 unspecified atom stereocenters. The highest BCUT2D eigenvalue weighted by molar-refractivity contribution is 6.44. The van der Waals surface area contributed by atoms with Crippen LogP contribution in [-0.4, -0.2) is 36.2 Å². The molecule has 0 aliphatic carbocycles. The molecular weight excluding hydrogens is 381 g/mol. The predicted octanol–water partition coefficient (Wildman–Crippen LogP) is 0.911. The molecule has 0 aromatic heterocycles. The lowest BCUT2D eigenvalue weighted by molar-refractivity contribution is -0.656. The van der Waals surface area contributed by atoms with Crippen LogP contribution in [0, 0.1) is 0 Å². The van der Waals surface area contributed by atoms with Gasteiger partial charge in [0.1, 0.15) is 12.3 Å². The van der Waals surface area contributed by atoms with Crippen molar-refractivity contribution in [3.8, 4) is 5.75 Å². The highest BCUT2D eigenvalue weighted by atomic mass is 35.5. The number of benzene rings is 1. The molecule has 9 heteroatoms. The van der Waals surface area contributed by atoms with Gasteiger partial charge in [-0.05, 0) is 19.1 Å². The first-order chi connectivity index (χ1) is 11.3. The average molecular weight is 397 g/mol. The van der Waals surface area contributed by atoms with Gasteiger partial charge in [-0.2, -0.15) is 0 Å². The van der Waals surface area contributed by atoms with Crippen molar-refractivity contribution in [2.75, 3.05) is 13.1 Å². The van der Waals surface area contributed by atoms with Crippen LogP contribution in [0.15, 0.2) is 18.2 Å². The topological polar surface area (TPSA) is 103 Å². The van der Waals surface area contributed by atoms with E-state index in [0.717, 1.165) is 25.1 Å². The lowest BCUT2D eigenvalue weighted by atomic mass is 10.1.